The molecule has 3 nitrogen and oxygen atoms in total. The molecule has 0 saturated heterocycles. The summed E-state index contributed by atoms with van der Waals surface area (Å²) in [7, 11) is 0. The summed E-state index contributed by atoms with van der Waals surface area (Å²) in [6.45, 7) is 4.56. The van der Waals surface area contributed by atoms with Gasteiger partial charge in [-0.3, -0.25) is 0 Å². The molecule has 0 bridgehead atoms. The Hall–Kier alpha value is -1.39. The second-order valence-corrected chi connectivity index (χ2v) is 5.14. The van der Waals surface area contributed by atoms with Crippen molar-refractivity contribution >= 4 is 11.3 Å². The molecule has 0 aliphatic heterocycles. The highest BCUT2D eigenvalue weighted by atomic mass is 32.1. The van der Waals surface area contributed by atoms with Crippen LogP contribution in [0.2, 0.25) is 0 Å². The second-order valence-electron chi connectivity index (χ2n) is 4.20. The summed E-state index contributed by atoms with van der Waals surface area (Å²) in [4.78, 5) is 4.48. The lowest BCUT2D eigenvalue weighted by molar-refractivity contribution is 0.297. The van der Waals surface area contributed by atoms with Crippen molar-refractivity contribution in [3.63, 3.8) is 0 Å². The minimum absolute atomic E-state index is 0.0252. The van der Waals surface area contributed by atoms with Crippen LogP contribution in [-0.4, -0.2) is 4.98 Å². The number of aromatic nitrogens is 1. The highest BCUT2D eigenvalue weighted by Gasteiger charge is 2.08. The lowest BCUT2D eigenvalue weighted by atomic mass is 10.1. The Labute approximate surface area is 112 Å². The van der Waals surface area contributed by atoms with E-state index in [0.717, 1.165) is 28.4 Å². The van der Waals surface area contributed by atoms with Gasteiger partial charge in [-0.05, 0) is 19.4 Å². The van der Waals surface area contributed by atoms with E-state index in [1.165, 1.54) is 0 Å². The van der Waals surface area contributed by atoms with E-state index in [-0.39, 0.29) is 6.04 Å². The van der Waals surface area contributed by atoms with Gasteiger partial charge >= 0.3 is 0 Å². The van der Waals surface area contributed by atoms with Crippen LogP contribution in [-0.2, 0) is 13.0 Å². The molecule has 1 heterocycles. The van der Waals surface area contributed by atoms with E-state index in [9.17, 15) is 0 Å². The van der Waals surface area contributed by atoms with Gasteiger partial charge in [0.2, 0.25) is 0 Å². The molecule has 1 aromatic heterocycles. The maximum absolute atomic E-state index is 5.92. The van der Waals surface area contributed by atoms with Crippen molar-refractivity contribution in [2.75, 3.05) is 0 Å². The van der Waals surface area contributed by atoms with E-state index >= 15 is 0 Å². The first kappa shape index (κ1) is 13.1. The Kier molecular flexibility index (Phi) is 4.33. The van der Waals surface area contributed by atoms with Crippen molar-refractivity contribution in [3.8, 4) is 5.75 Å². The highest BCUT2D eigenvalue weighted by molar-refractivity contribution is 7.09. The molecule has 96 valence electrons. The van der Waals surface area contributed by atoms with Crippen molar-refractivity contribution in [1.29, 1.82) is 0 Å². The minimum Gasteiger partial charge on any atom is -0.487 e. The topological polar surface area (TPSA) is 48.1 Å². The van der Waals surface area contributed by atoms with Crippen molar-refractivity contribution in [2.45, 2.75) is 32.9 Å². The molecule has 0 amide bonds. The molecule has 2 rings (SSSR count). The number of para-hydroxylation sites is 1. The third kappa shape index (κ3) is 3.09. The molecule has 4 heteroatoms. The van der Waals surface area contributed by atoms with E-state index in [2.05, 4.69) is 11.9 Å². The van der Waals surface area contributed by atoms with Gasteiger partial charge in [-0.1, -0.05) is 25.1 Å². The zero-order valence-corrected chi connectivity index (χ0v) is 11.5. The van der Waals surface area contributed by atoms with Gasteiger partial charge in [-0.25, -0.2) is 4.98 Å². The molecule has 0 spiro atoms. The molecule has 1 atom stereocenters. The summed E-state index contributed by atoms with van der Waals surface area (Å²) < 4.78 is 5.81. The van der Waals surface area contributed by atoms with Gasteiger partial charge in [0.1, 0.15) is 12.4 Å². The van der Waals surface area contributed by atoms with Crippen LogP contribution in [0.4, 0.5) is 0 Å². The largest absolute Gasteiger partial charge is 0.487 e. The van der Waals surface area contributed by atoms with E-state index in [1.807, 2.05) is 36.6 Å². The summed E-state index contributed by atoms with van der Waals surface area (Å²) in [6, 6.07) is 7.86. The average Bonchev–Trinajstić information content (AvgIpc) is 2.84. The van der Waals surface area contributed by atoms with Crippen LogP contribution >= 0.6 is 11.3 Å². The molecule has 0 radical (unpaired) electrons. The number of benzene rings is 1. The Morgan fingerprint density at radius 3 is 2.83 bits per heavy atom. The number of nitrogens with two attached hydrogens (primary N) is 1. The van der Waals surface area contributed by atoms with Crippen molar-refractivity contribution < 1.29 is 4.74 Å². The monoisotopic (exact) mass is 262 g/mol. The van der Waals surface area contributed by atoms with Gasteiger partial charge in [0.05, 0.1) is 10.7 Å². The van der Waals surface area contributed by atoms with E-state index in [4.69, 9.17) is 10.5 Å². The van der Waals surface area contributed by atoms with Crippen LogP contribution < -0.4 is 10.5 Å². The van der Waals surface area contributed by atoms with E-state index in [1.54, 1.807) is 11.3 Å². The Balaban J connectivity index is 2.05. The summed E-state index contributed by atoms with van der Waals surface area (Å²) >= 11 is 1.68. The van der Waals surface area contributed by atoms with Crippen molar-refractivity contribution in [1.82, 2.24) is 4.98 Å². The van der Waals surface area contributed by atoms with Gasteiger partial charge in [0, 0.05) is 17.0 Å². The smallest absolute Gasteiger partial charge is 0.131 e. The minimum atomic E-state index is -0.0252. The predicted octanol–water partition coefficient (Wildman–Crippen LogP) is 3.30. The number of rotatable bonds is 5. The Bertz CT molecular complexity index is 508. The maximum Gasteiger partial charge on any atom is 0.131 e. The SMILES string of the molecule is CCc1nc(COc2ccccc2[C@@H](C)N)cs1. The first-order valence-corrected chi connectivity index (χ1v) is 6.99. The fourth-order valence-electron chi connectivity index (χ4n) is 1.72. The maximum atomic E-state index is 5.92. The fourth-order valence-corrected chi connectivity index (χ4v) is 2.45. The molecule has 1 aromatic carbocycles. The van der Waals surface area contributed by atoms with Gasteiger partial charge in [0.25, 0.3) is 0 Å². The van der Waals surface area contributed by atoms with E-state index < -0.39 is 0 Å². The first-order chi connectivity index (χ1) is 8.70. The van der Waals surface area contributed by atoms with Crippen LogP contribution in [0.1, 0.15) is 36.2 Å². The molecule has 0 fully saturated rings. The van der Waals surface area contributed by atoms with E-state index in [0.29, 0.717) is 6.61 Å². The highest BCUT2D eigenvalue weighted by Crippen LogP contribution is 2.24. The number of ether oxygens (including phenoxy) is 1. The van der Waals surface area contributed by atoms with Crippen molar-refractivity contribution in [3.05, 3.63) is 45.9 Å². The quantitative estimate of drug-likeness (QED) is 0.899. The lowest BCUT2D eigenvalue weighted by Gasteiger charge is -2.12. The van der Waals surface area contributed by atoms with Gasteiger partial charge in [-0.15, -0.1) is 11.3 Å². The van der Waals surface area contributed by atoms with Gasteiger partial charge < -0.3 is 10.5 Å². The zero-order chi connectivity index (χ0) is 13.0. The van der Waals surface area contributed by atoms with Crippen LogP contribution in [0.3, 0.4) is 0 Å². The second kappa shape index (κ2) is 5.98. The van der Waals surface area contributed by atoms with Crippen LogP contribution in [0.5, 0.6) is 5.75 Å². The predicted molar refractivity (Wildman–Crippen MR) is 74.9 cm³/mol. The number of aryl methyl sites for hydroxylation is 1. The Morgan fingerprint density at radius 1 is 1.39 bits per heavy atom. The van der Waals surface area contributed by atoms with Gasteiger partial charge in [0.15, 0.2) is 0 Å². The molecule has 0 unspecified atom stereocenters. The molecule has 2 aromatic rings. The number of hydrogen-bond donors (Lipinski definition) is 1. The fraction of sp³-hybridized carbons (Fsp3) is 0.357. The average molecular weight is 262 g/mol. The lowest BCUT2D eigenvalue weighted by Crippen LogP contribution is -2.08. The molecular formula is C14H18N2OS. The number of nitrogens with zero attached hydrogens (tertiary/aromatic N) is 1. The third-order valence-corrected chi connectivity index (χ3v) is 3.73. The first-order valence-electron chi connectivity index (χ1n) is 6.11. The summed E-state index contributed by atoms with van der Waals surface area (Å²) in [6.07, 6.45) is 0.973. The van der Waals surface area contributed by atoms with Crippen LogP contribution in [0, 0.1) is 0 Å². The van der Waals surface area contributed by atoms with Crippen LogP contribution in [0.25, 0.3) is 0 Å². The van der Waals surface area contributed by atoms with Crippen LogP contribution in [0.15, 0.2) is 29.6 Å². The summed E-state index contributed by atoms with van der Waals surface area (Å²) in [5.74, 6) is 0.846. The summed E-state index contributed by atoms with van der Waals surface area (Å²) in [5, 5.41) is 3.20. The number of thiazole rings is 1. The molecular weight excluding hydrogens is 244 g/mol. The molecule has 0 aliphatic rings. The third-order valence-electron chi connectivity index (χ3n) is 2.69. The van der Waals surface area contributed by atoms with Gasteiger partial charge in [-0.2, -0.15) is 0 Å². The molecule has 2 N–H and O–H groups in total. The normalized spacial score (nSPS) is 12.4. The number of hydrogen-bond acceptors (Lipinski definition) is 4. The Morgan fingerprint density at radius 2 is 2.17 bits per heavy atom. The van der Waals surface area contributed by atoms with Crippen molar-refractivity contribution in [2.24, 2.45) is 5.73 Å². The summed E-state index contributed by atoms with van der Waals surface area (Å²) in [5.41, 5.74) is 7.93. The molecule has 0 saturated carbocycles. The zero-order valence-electron chi connectivity index (χ0n) is 10.7. The molecule has 0 aliphatic carbocycles. The molecule has 18 heavy (non-hydrogen) atoms. The standard InChI is InChI=1S/C14H18N2OS/c1-3-14-16-11(9-18-14)8-17-13-7-5-4-6-12(13)10(2)15/h4-7,9-10H,3,8,15H2,1-2H3/t10-/m1/s1.